The lowest BCUT2D eigenvalue weighted by molar-refractivity contribution is -0.128. The van der Waals surface area contributed by atoms with Crippen molar-refractivity contribution < 1.29 is 9.57 Å². The Labute approximate surface area is 196 Å². The van der Waals surface area contributed by atoms with Crippen LogP contribution in [0, 0.1) is 0 Å². The average Bonchev–Trinajstić information content (AvgIpc) is 3.24. The molecule has 4 aromatic carbocycles. The van der Waals surface area contributed by atoms with Crippen LogP contribution in [-0.2, 0) is 15.7 Å². The SMILES string of the molecule is CC1(C)ON=C(c2ccc(C[P+](c3ccccc3)(c3ccccc3)c3ccccc3)cc2)O1. The average molecular weight is 453 g/mol. The number of rotatable bonds is 6. The van der Waals surface area contributed by atoms with Crippen molar-refractivity contribution in [2.75, 3.05) is 0 Å². The molecular formula is C29H27NO2P+. The van der Waals surface area contributed by atoms with Gasteiger partial charge in [-0.25, -0.2) is 0 Å². The highest BCUT2D eigenvalue weighted by molar-refractivity contribution is 7.95. The molecule has 1 aliphatic heterocycles. The molecule has 0 aliphatic carbocycles. The summed E-state index contributed by atoms with van der Waals surface area (Å²) >= 11 is 0. The van der Waals surface area contributed by atoms with E-state index in [-0.39, 0.29) is 0 Å². The fourth-order valence-electron chi connectivity index (χ4n) is 4.33. The van der Waals surface area contributed by atoms with Crippen molar-refractivity contribution in [3.05, 3.63) is 126 Å². The highest BCUT2D eigenvalue weighted by Gasteiger charge is 2.45. The van der Waals surface area contributed by atoms with Crippen molar-refractivity contribution in [3.63, 3.8) is 0 Å². The second kappa shape index (κ2) is 8.84. The maximum Gasteiger partial charge on any atom is 0.271 e. The van der Waals surface area contributed by atoms with Gasteiger partial charge in [-0.3, -0.25) is 0 Å². The van der Waals surface area contributed by atoms with Gasteiger partial charge in [-0.15, -0.1) is 0 Å². The molecule has 0 amide bonds. The molecule has 0 fully saturated rings. The Balaban J connectivity index is 1.60. The van der Waals surface area contributed by atoms with Crippen molar-refractivity contribution in [1.29, 1.82) is 0 Å². The minimum atomic E-state index is -1.92. The number of ether oxygens (including phenoxy) is 1. The van der Waals surface area contributed by atoms with Gasteiger partial charge in [0.15, 0.2) is 0 Å². The van der Waals surface area contributed by atoms with E-state index in [1.165, 1.54) is 21.5 Å². The van der Waals surface area contributed by atoms with Crippen molar-refractivity contribution in [3.8, 4) is 0 Å². The van der Waals surface area contributed by atoms with Crippen LogP contribution in [0.1, 0.15) is 25.0 Å². The first kappa shape index (κ1) is 21.4. The van der Waals surface area contributed by atoms with E-state index < -0.39 is 13.0 Å². The van der Waals surface area contributed by atoms with E-state index in [0.717, 1.165) is 11.7 Å². The van der Waals surface area contributed by atoms with Gasteiger partial charge in [0.1, 0.15) is 23.2 Å². The Morgan fingerprint density at radius 1 is 0.636 bits per heavy atom. The van der Waals surface area contributed by atoms with Gasteiger partial charge in [-0.05, 0) is 59.3 Å². The predicted octanol–water partition coefficient (Wildman–Crippen LogP) is 5.63. The topological polar surface area (TPSA) is 30.8 Å². The van der Waals surface area contributed by atoms with Crippen LogP contribution in [0.2, 0.25) is 0 Å². The van der Waals surface area contributed by atoms with E-state index in [2.05, 4.69) is 120 Å². The quantitative estimate of drug-likeness (QED) is 0.355. The largest absolute Gasteiger partial charge is 0.431 e. The Bertz CT molecular complexity index is 1140. The van der Waals surface area contributed by atoms with Gasteiger partial charge < -0.3 is 9.57 Å². The molecular weight excluding hydrogens is 425 g/mol. The van der Waals surface area contributed by atoms with Crippen molar-refractivity contribution >= 4 is 29.1 Å². The summed E-state index contributed by atoms with van der Waals surface area (Å²) in [7, 11) is -1.92. The minimum Gasteiger partial charge on any atom is -0.431 e. The molecule has 0 saturated carbocycles. The summed E-state index contributed by atoms with van der Waals surface area (Å²) in [6.45, 7) is 3.71. The standard InChI is InChI=1S/C29H27NO2P/c1-29(2)31-28(30-32-29)24-20-18-23(19-21-24)22-33(25-12-6-3-7-13-25,26-14-8-4-9-15-26)27-16-10-5-11-17-27/h3-21H,22H2,1-2H3/q+1. The second-order valence-corrected chi connectivity index (χ2v) is 12.1. The summed E-state index contributed by atoms with van der Waals surface area (Å²) < 4.78 is 5.82. The van der Waals surface area contributed by atoms with Crippen LogP contribution in [0.15, 0.2) is 120 Å². The maximum atomic E-state index is 5.82. The third kappa shape index (κ3) is 4.29. The smallest absolute Gasteiger partial charge is 0.271 e. The van der Waals surface area contributed by atoms with Gasteiger partial charge in [0.05, 0.1) is 6.16 Å². The molecule has 5 rings (SSSR count). The van der Waals surface area contributed by atoms with Gasteiger partial charge in [0, 0.05) is 19.4 Å². The summed E-state index contributed by atoms with van der Waals surface area (Å²) in [5.41, 5.74) is 2.20. The van der Waals surface area contributed by atoms with E-state index in [1.807, 2.05) is 13.8 Å². The number of hydrogen-bond acceptors (Lipinski definition) is 3. The molecule has 4 aromatic rings. The van der Waals surface area contributed by atoms with Gasteiger partial charge in [0.25, 0.3) is 11.7 Å². The summed E-state index contributed by atoms with van der Waals surface area (Å²) in [6, 6.07) is 41.4. The molecule has 33 heavy (non-hydrogen) atoms. The van der Waals surface area contributed by atoms with E-state index >= 15 is 0 Å². The van der Waals surface area contributed by atoms with Crippen LogP contribution in [0.3, 0.4) is 0 Å². The normalized spacial score (nSPS) is 14.8. The Kier molecular flexibility index (Phi) is 5.74. The van der Waals surface area contributed by atoms with Crippen LogP contribution in [0.4, 0.5) is 0 Å². The third-order valence-electron chi connectivity index (χ3n) is 5.90. The van der Waals surface area contributed by atoms with Crippen LogP contribution < -0.4 is 15.9 Å². The van der Waals surface area contributed by atoms with E-state index in [4.69, 9.17) is 9.57 Å². The molecule has 1 heterocycles. The lowest BCUT2D eigenvalue weighted by Crippen LogP contribution is -2.32. The highest BCUT2D eigenvalue weighted by atomic mass is 31.2. The summed E-state index contributed by atoms with van der Waals surface area (Å²) in [6.07, 6.45) is 0.931. The number of nitrogens with zero attached hydrogens (tertiary/aromatic N) is 1. The van der Waals surface area contributed by atoms with Crippen molar-refractivity contribution in [2.45, 2.75) is 25.8 Å². The van der Waals surface area contributed by atoms with Crippen LogP contribution in [0.5, 0.6) is 0 Å². The molecule has 0 N–H and O–H groups in total. The minimum absolute atomic E-state index is 0.529. The van der Waals surface area contributed by atoms with Crippen molar-refractivity contribution in [2.24, 2.45) is 5.16 Å². The number of benzene rings is 4. The van der Waals surface area contributed by atoms with E-state index in [9.17, 15) is 0 Å². The molecule has 0 atom stereocenters. The second-order valence-electron chi connectivity index (χ2n) is 8.66. The monoisotopic (exact) mass is 452 g/mol. The van der Waals surface area contributed by atoms with Gasteiger partial charge in [0.2, 0.25) is 0 Å². The van der Waals surface area contributed by atoms with Gasteiger partial charge in [-0.2, -0.15) is 0 Å². The zero-order chi connectivity index (χ0) is 22.7. The molecule has 1 aliphatic rings. The molecule has 0 radical (unpaired) electrons. The molecule has 0 unspecified atom stereocenters. The van der Waals surface area contributed by atoms with Crippen LogP contribution in [0.25, 0.3) is 0 Å². The van der Waals surface area contributed by atoms with Gasteiger partial charge in [-0.1, -0.05) is 66.7 Å². The Morgan fingerprint density at radius 2 is 1.09 bits per heavy atom. The molecule has 0 aromatic heterocycles. The maximum absolute atomic E-state index is 5.82. The first-order valence-electron chi connectivity index (χ1n) is 11.2. The first-order chi connectivity index (χ1) is 16.1. The van der Waals surface area contributed by atoms with Crippen molar-refractivity contribution in [1.82, 2.24) is 0 Å². The fraction of sp³-hybridized carbons (Fsp3) is 0.138. The zero-order valence-corrected chi connectivity index (χ0v) is 19.8. The highest BCUT2D eigenvalue weighted by Crippen LogP contribution is 2.58. The zero-order valence-electron chi connectivity index (χ0n) is 18.9. The first-order valence-corrected chi connectivity index (χ1v) is 13.1. The summed E-state index contributed by atoms with van der Waals surface area (Å²) in [4.78, 5) is 5.36. The number of hydrogen-bond donors (Lipinski definition) is 0. The molecule has 3 nitrogen and oxygen atoms in total. The fourth-order valence-corrected chi connectivity index (χ4v) is 8.57. The van der Waals surface area contributed by atoms with Gasteiger partial charge >= 0.3 is 0 Å². The number of oxime groups is 1. The lowest BCUT2D eigenvalue weighted by Gasteiger charge is -2.28. The summed E-state index contributed by atoms with van der Waals surface area (Å²) in [5, 5.41) is 8.25. The Hall–Kier alpha value is -3.42. The molecule has 0 spiro atoms. The predicted molar refractivity (Wildman–Crippen MR) is 138 cm³/mol. The van der Waals surface area contributed by atoms with Crippen LogP contribution >= 0.6 is 7.26 Å². The lowest BCUT2D eigenvalue weighted by atomic mass is 10.1. The van der Waals surface area contributed by atoms with E-state index in [0.29, 0.717) is 5.90 Å². The molecule has 0 saturated heterocycles. The van der Waals surface area contributed by atoms with E-state index in [1.54, 1.807) is 0 Å². The summed E-state index contributed by atoms with van der Waals surface area (Å²) in [5.74, 6) is -0.190. The Morgan fingerprint density at radius 3 is 1.48 bits per heavy atom. The van der Waals surface area contributed by atoms with Crippen LogP contribution in [-0.4, -0.2) is 11.7 Å². The third-order valence-corrected chi connectivity index (χ3v) is 10.3. The molecule has 4 heteroatoms. The molecule has 164 valence electrons. The molecule has 0 bridgehead atoms.